The van der Waals surface area contributed by atoms with Crippen LogP contribution in [0.2, 0.25) is 0 Å². The zero-order chi connectivity index (χ0) is 26.2. The number of carbonyl (C=O) groups excluding carboxylic acids is 2. The maximum Gasteiger partial charge on any atom is 0.295 e. The molecule has 1 aromatic heterocycles. The van der Waals surface area contributed by atoms with Gasteiger partial charge in [0.05, 0.1) is 11.6 Å². The molecule has 38 heavy (non-hydrogen) atoms. The van der Waals surface area contributed by atoms with E-state index in [9.17, 15) is 14.7 Å². The van der Waals surface area contributed by atoms with Crippen molar-refractivity contribution in [1.82, 2.24) is 9.88 Å². The second kappa shape index (κ2) is 9.67. The Morgan fingerprint density at radius 1 is 0.868 bits per heavy atom. The van der Waals surface area contributed by atoms with Crippen LogP contribution in [-0.4, -0.2) is 33.2 Å². The lowest BCUT2D eigenvalue weighted by Crippen LogP contribution is -2.31. The summed E-state index contributed by atoms with van der Waals surface area (Å²) in [5.41, 5.74) is 4.77. The molecule has 1 aliphatic heterocycles. The number of aliphatic hydroxyl groups is 1. The van der Waals surface area contributed by atoms with Gasteiger partial charge in [-0.25, -0.2) is 0 Å². The van der Waals surface area contributed by atoms with Crippen LogP contribution in [0.25, 0.3) is 27.4 Å². The second-order valence-corrected chi connectivity index (χ2v) is 9.72. The Bertz CT molecular complexity index is 1710. The lowest BCUT2D eigenvalue weighted by Gasteiger charge is -2.25. The van der Waals surface area contributed by atoms with Crippen LogP contribution in [0.15, 0.2) is 103 Å². The summed E-state index contributed by atoms with van der Waals surface area (Å²) < 4.78 is 0. The normalized spacial score (nSPS) is 17.1. The molecule has 1 atom stereocenters. The first kappa shape index (κ1) is 23.7. The molecule has 4 aromatic carbocycles. The van der Waals surface area contributed by atoms with Gasteiger partial charge in [0, 0.05) is 29.2 Å². The summed E-state index contributed by atoms with van der Waals surface area (Å²) in [7, 11) is 0. The number of benzene rings is 4. The van der Waals surface area contributed by atoms with Crippen molar-refractivity contribution < 1.29 is 14.7 Å². The van der Waals surface area contributed by atoms with E-state index in [0.29, 0.717) is 18.5 Å². The number of amides is 1. The third-order valence-electron chi connectivity index (χ3n) is 7.59. The summed E-state index contributed by atoms with van der Waals surface area (Å²) in [6, 6.07) is 28.7. The fourth-order valence-corrected chi connectivity index (χ4v) is 5.55. The Labute approximate surface area is 221 Å². The van der Waals surface area contributed by atoms with E-state index in [0.717, 1.165) is 39.2 Å². The maximum atomic E-state index is 13.5. The van der Waals surface area contributed by atoms with Gasteiger partial charge in [-0.15, -0.1) is 0 Å². The number of para-hydroxylation sites is 1. The summed E-state index contributed by atoms with van der Waals surface area (Å²) in [5, 5.41) is 14.5. The smallest absolute Gasteiger partial charge is 0.295 e. The van der Waals surface area contributed by atoms with E-state index in [1.54, 1.807) is 11.0 Å². The van der Waals surface area contributed by atoms with Gasteiger partial charge in [0.1, 0.15) is 5.76 Å². The number of hydrogen-bond donors (Lipinski definition) is 2. The zero-order valence-corrected chi connectivity index (χ0v) is 21.1. The lowest BCUT2D eigenvalue weighted by atomic mass is 9.92. The molecular formula is C33H28N2O3. The highest BCUT2D eigenvalue weighted by Gasteiger charge is 2.46. The van der Waals surface area contributed by atoms with E-state index in [1.807, 2.05) is 85.1 Å². The number of nitrogens with zero attached hydrogens (tertiary/aromatic N) is 1. The number of Topliss-reactive ketones (excluding diaryl/α,β-unsaturated/α-hetero) is 1. The molecule has 0 spiro atoms. The van der Waals surface area contributed by atoms with Crippen molar-refractivity contribution in [2.45, 2.75) is 25.8 Å². The Hall–Kier alpha value is -4.64. The first-order valence-electron chi connectivity index (χ1n) is 13.0. The molecule has 1 aliphatic rings. The van der Waals surface area contributed by atoms with Crippen molar-refractivity contribution in [3.63, 3.8) is 0 Å². The first-order chi connectivity index (χ1) is 18.6. The molecule has 0 aliphatic carbocycles. The lowest BCUT2D eigenvalue weighted by molar-refractivity contribution is -0.139. The molecule has 5 aromatic rings. The number of aromatic amines is 1. The van der Waals surface area contributed by atoms with Gasteiger partial charge in [-0.3, -0.25) is 9.59 Å². The van der Waals surface area contributed by atoms with Crippen LogP contribution in [0.5, 0.6) is 0 Å². The molecule has 2 heterocycles. The van der Waals surface area contributed by atoms with Crippen LogP contribution >= 0.6 is 0 Å². The molecule has 2 N–H and O–H groups in total. The maximum absolute atomic E-state index is 13.5. The highest BCUT2D eigenvalue weighted by atomic mass is 16.3. The van der Waals surface area contributed by atoms with Gasteiger partial charge < -0.3 is 15.0 Å². The molecule has 188 valence electrons. The van der Waals surface area contributed by atoms with E-state index in [2.05, 4.69) is 18.0 Å². The summed E-state index contributed by atoms with van der Waals surface area (Å²) in [5.74, 6) is -1.38. The molecule has 1 saturated heterocycles. The zero-order valence-electron chi connectivity index (χ0n) is 21.1. The fraction of sp³-hybridized carbons (Fsp3) is 0.152. The van der Waals surface area contributed by atoms with Crippen molar-refractivity contribution in [2.75, 3.05) is 6.54 Å². The molecule has 1 unspecified atom stereocenters. The Kier molecular flexibility index (Phi) is 6.04. The number of H-pyrrole nitrogens is 1. The quantitative estimate of drug-likeness (QED) is 0.158. The predicted octanol–water partition coefficient (Wildman–Crippen LogP) is 6.55. The number of nitrogens with one attached hydrogen (secondary N) is 1. The van der Waals surface area contributed by atoms with Crippen molar-refractivity contribution in [2.24, 2.45) is 0 Å². The number of carbonyl (C=O) groups is 2. The third kappa shape index (κ3) is 3.97. The minimum Gasteiger partial charge on any atom is -0.507 e. The third-order valence-corrected chi connectivity index (χ3v) is 7.59. The molecule has 5 nitrogen and oxygen atoms in total. The summed E-state index contributed by atoms with van der Waals surface area (Å²) in [6.07, 6.45) is 3.42. The van der Waals surface area contributed by atoms with Crippen molar-refractivity contribution in [3.8, 4) is 0 Å². The molecule has 5 heteroatoms. The number of hydrogen-bond acceptors (Lipinski definition) is 3. The van der Waals surface area contributed by atoms with Crippen LogP contribution < -0.4 is 0 Å². The summed E-state index contributed by atoms with van der Waals surface area (Å²) in [4.78, 5) is 31.9. The minimum atomic E-state index is -0.676. The highest BCUT2D eigenvalue weighted by molar-refractivity contribution is 6.46. The largest absolute Gasteiger partial charge is 0.507 e. The fourth-order valence-electron chi connectivity index (χ4n) is 5.55. The number of likely N-dealkylation sites (tertiary alicyclic amines) is 1. The van der Waals surface area contributed by atoms with Crippen LogP contribution in [0.4, 0.5) is 0 Å². The number of rotatable bonds is 6. The highest BCUT2D eigenvalue weighted by Crippen LogP contribution is 2.40. The molecule has 1 amide bonds. The van der Waals surface area contributed by atoms with Gasteiger partial charge in [-0.05, 0) is 46.4 Å². The Morgan fingerprint density at radius 3 is 2.37 bits per heavy atom. The van der Waals surface area contributed by atoms with Crippen LogP contribution in [-0.2, 0) is 22.4 Å². The van der Waals surface area contributed by atoms with E-state index in [4.69, 9.17) is 0 Å². The number of aryl methyl sites for hydroxylation is 1. The van der Waals surface area contributed by atoms with Gasteiger partial charge in [-0.2, -0.15) is 0 Å². The van der Waals surface area contributed by atoms with Crippen LogP contribution in [0, 0.1) is 0 Å². The molecular weight excluding hydrogens is 472 g/mol. The Morgan fingerprint density at radius 2 is 1.58 bits per heavy atom. The van der Waals surface area contributed by atoms with Gasteiger partial charge in [0.25, 0.3) is 11.7 Å². The summed E-state index contributed by atoms with van der Waals surface area (Å²) >= 11 is 0. The minimum absolute atomic E-state index is 0.134. The van der Waals surface area contributed by atoms with Crippen molar-refractivity contribution in [1.29, 1.82) is 0 Å². The topological polar surface area (TPSA) is 73.4 Å². The SMILES string of the molecule is CCc1ccc(C2/C(=C(\O)c3cccc4ccccc34)C(=O)C(=O)N2CCc2c[nH]c3ccccc23)cc1. The number of fused-ring (bicyclic) bond motifs is 2. The van der Waals surface area contributed by atoms with Crippen LogP contribution in [0.3, 0.4) is 0 Å². The number of aliphatic hydroxyl groups excluding tert-OH is 1. The molecule has 1 fully saturated rings. The van der Waals surface area contributed by atoms with Gasteiger partial charge in [0.2, 0.25) is 0 Å². The van der Waals surface area contributed by atoms with E-state index < -0.39 is 17.7 Å². The average molecular weight is 501 g/mol. The van der Waals surface area contributed by atoms with Crippen LogP contribution in [0.1, 0.15) is 35.2 Å². The summed E-state index contributed by atoms with van der Waals surface area (Å²) in [6.45, 7) is 2.43. The standard InChI is InChI=1S/C33H28N2O3/c1-2-21-14-16-23(17-15-21)30-29(31(36)27-12-7-9-22-8-3-4-10-25(22)27)32(37)33(38)35(30)19-18-24-20-34-28-13-6-5-11-26(24)28/h3-17,20,30,34,36H,2,18-19H2,1H3/b31-29+. The van der Waals surface area contributed by atoms with E-state index in [1.165, 1.54) is 5.56 Å². The molecule has 0 radical (unpaired) electrons. The van der Waals surface area contributed by atoms with Gasteiger partial charge in [-0.1, -0.05) is 91.9 Å². The van der Waals surface area contributed by atoms with Gasteiger partial charge in [0.15, 0.2) is 0 Å². The Balaban J connectivity index is 1.46. The average Bonchev–Trinajstić information content (AvgIpc) is 3.49. The molecule has 6 rings (SSSR count). The number of aromatic nitrogens is 1. The number of ketones is 1. The monoisotopic (exact) mass is 500 g/mol. The van der Waals surface area contributed by atoms with Gasteiger partial charge >= 0.3 is 0 Å². The van der Waals surface area contributed by atoms with E-state index in [-0.39, 0.29) is 11.3 Å². The predicted molar refractivity (Wildman–Crippen MR) is 151 cm³/mol. The molecule has 0 saturated carbocycles. The van der Waals surface area contributed by atoms with Crippen molar-refractivity contribution >= 4 is 39.1 Å². The molecule has 0 bridgehead atoms. The van der Waals surface area contributed by atoms with E-state index >= 15 is 0 Å². The second-order valence-electron chi connectivity index (χ2n) is 9.72. The first-order valence-corrected chi connectivity index (χ1v) is 13.0. The van der Waals surface area contributed by atoms with Crippen molar-refractivity contribution in [3.05, 3.63) is 125 Å².